The van der Waals surface area contributed by atoms with E-state index < -0.39 is 0 Å². The van der Waals surface area contributed by atoms with Crippen LogP contribution in [-0.2, 0) is 0 Å². The summed E-state index contributed by atoms with van der Waals surface area (Å²) >= 11 is 3.15. The molecule has 0 N–H and O–H groups in total. The highest BCUT2D eigenvalue weighted by molar-refractivity contribution is 9.09. The van der Waals surface area contributed by atoms with Gasteiger partial charge in [0, 0.05) is 11.8 Å². The maximum atomic E-state index is 11.5. The first-order valence-electron chi connectivity index (χ1n) is 5.77. The normalized spacial score (nSPS) is 10.2. The van der Waals surface area contributed by atoms with E-state index in [4.69, 9.17) is 0 Å². The van der Waals surface area contributed by atoms with Crippen LogP contribution in [0.5, 0.6) is 0 Å². The zero-order valence-corrected chi connectivity index (χ0v) is 13.7. The van der Waals surface area contributed by atoms with Gasteiger partial charge in [-0.25, -0.2) is 9.97 Å². The molecule has 0 saturated carbocycles. The lowest BCUT2D eigenvalue weighted by molar-refractivity contribution is 0.102. The van der Waals surface area contributed by atoms with Gasteiger partial charge in [0.25, 0.3) is 0 Å². The molecule has 0 radical (unpaired) electrons. The number of ketones is 1. The maximum Gasteiger partial charge on any atom is 0.174 e. The number of para-hydroxylation sites is 2. The van der Waals surface area contributed by atoms with E-state index in [1.807, 2.05) is 34.9 Å². The second-order valence-electron chi connectivity index (χ2n) is 4.07. The van der Waals surface area contributed by atoms with Crippen molar-refractivity contribution in [2.45, 2.75) is 0 Å². The monoisotopic (exact) mass is 395 g/mol. The molecule has 3 aromatic rings. The number of fused-ring (bicyclic) bond motifs is 1. The lowest BCUT2D eigenvalue weighted by atomic mass is 10.2. The van der Waals surface area contributed by atoms with Crippen molar-refractivity contribution in [1.29, 1.82) is 0 Å². The first-order chi connectivity index (χ1) is 9.29. The Labute approximate surface area is 134 Å². The third-order valence-corrected chi connectivity index (χ3v) is 3.40. The molecule has 3 rings (SSSR count). The fourth-order valence-electron chi connectivity index (χ4n) is 1.91. The molecule has 1 aromatic carbocycles. The molecule has 2 aromatic heterocycles. The molecule has 0 atom stereocenters. The standard InChI is InChI=1S/C14H10BrN3O.BrH/c15-7-13(19)10-5-6-14(16-8-10)18-9-17-11-3-1-2-4-12(11)18;/h1-6,8-9H,7H2;1H. The highest BCUT2D eigenvalue weighted by Crippen LogP contribution is 2.16. The van der Waals surface area contributed by atoms with Crippen molar-refractivity contribution in [3.63, 3.8) is 0 Å². The Balaban J connectivity index is 0.00000147. The molecule has 0 saturated heterocycles. The highest BCUT2D eigenvalue weighted by atomic mass is 79.9. The Hall–Kier alpha value is -1.53. The molecule has 102 valence electrons. The number of hydrogen-bond acceptors (Lipinski definition) is 3. The first kappa shape index (κ1) is 14.9. The predicted octanol–water partition coefficient (Wildman–Crippen LogP) is 3.58. The summed E-state index contributed by atoms with van der Waals surface area (Å²) in [6.07, 6.45) is 3.33. The highest BCUT2D eigenvalue weighted by Gasteiger charge is 2.07. The average Bonchev–Trinajstić information content (AvgIpc) is 2.90. The van der Waals surface area contributed by atoms with Gasteiger partial charge in [0.05, 0.1) is 16.4 Å². The molecular formula is C14H11Br2N3O. The number of carbonyl (C=O) groups excluding carboxylic acids is 1. The van der Waals surface area contributed by atoms with Crippen molar-refractivity contribution in [1.82, 2.24) is 14.5 Å². The van der Waals surface area contributed by atoms with E-state index in [-0.39, 0.29) is 22.8 Å². The minimum atomic E-state index is 0. The van der Waals surface area contributed by atoms with Gasteiger partial charge in [0.15, 0.2) is 5.78 Å². The lowest BCUT2D eigenvalue weighted by Crippen LogP contribution is -2.02. The van der Waals surface area contributed by atoms with Crippen LogP contribution in [0.4, 0.5) is 0 Å². The van der Waals surface area contributed by atoms with Crippen molar-refractivity contribution < 1.29 is 4.79 Å². The Morgan fingerprint density at radius 3 is 2.65 bits per heavy atom. The summed E-state index contributed by atoms with van der Waals surface area (Å²) < 4.78 is 1.90. The van der Waals surface area contributed by atoms with Crippen LogP contribution in [0, 0.1) is 0 Å². The molecule has 2 heterocycles. The van der Waals surface area contributed by atoms with Crippen LogP contribution in [0.3, 0.4) is 0 Å². The third-order valence-electron chi connectivity index (χ3n) is 2.89. The molecule has 4 nitrogen and oxygen atoms in total. The quantitative estimate of drug-likeness (QED) is 0.502. The molecular weight excluding hydrogens is 386 g/mol. The van der Waals surface area contributed by atoms with Crippen LogP contribution < -0.4 is 0 Å². The van der Waals surface area contributed by atoms with Crippen molar-refractivity contribution in [3.05, 3.63) is 54.5 Å². The molecule has 0 aliphatic heterocycles. The Morgan fingerprint density at radius 1 is 1.15 bits per heavy atom. The van der Waals surface area contributed by atoms with E-state index in [1.54, 1.807) is 18.6 Å². The number of Topliss-reactive ketones (excluding diaryl/α,β-unsaturated/α-hetero) is 1. The Kier molecular flexibility index (Phi) is 4.67. The number of hydrogen-bond donors (Lipinski definition) is 0. The van der Waals surface area contributed by atoms with Crippen molar-refractivity contribution >= 4 is 49.7 Å². The maximum absolute atomic E-state index is 11.5. The van der Waals surface area contributed by atoms with E-state index in [2.05, 4.69) is 25.9 Å². The van der Waals surface area contributed by atoms with E-state index in [1.165, 1.54) is 0 Å². The zero-order chi connectivity index (χ0) is 13.2. The number of aromatic nitrogens is 3. The number of imidazole rings is 1. The number of alkyl halides is 1. The first-order valence-corrected chi connectivity index (χ1v) is 6.89. The SMILES string of the molecule is Br.O=C(CBr)c1ccc(-n2cnc3ccccc32)nc1. The molecule has 0 fully saturated rings. The summed E-state index contributed by atoms with van der Waals surface area (Å²) in [5.74, 6) is 0.773. The van der Waals surface area contributed by atoms with Gasteiger partial charge in [-0.15, -0.1) is 17.0 Å². The number of benzene rings is 1. The van der Waals surface area contributed by atoms with Crippen LogP contribution in [-0.4, -0.2) is 25.6 Å². The third kappa shape index (κ3) is 2.66. The minimum Gasteiger partial charge on any atom is -0.293 e. The summed E-state index contributed by atoms with van der Waals surface area (Å²) in [6, 6.07) is 11.5. The van der Waals surface area contributed by atoms with Crippen LogP contribution in [0.2, 0.25) is 0 Å². The topological polar surface area (TPSA) is 47.8 Å². The number of pyridine rings is 1. The van der Waals surface area contributed by atoms with Gasteiger partial charge in [-0.3, -0.25) is 9.36 Å². The number of halogens is 2. The Morgan fingerprint density at radius 2 is 1.95 bits per heavy atom. The fourth-order valence-corrected chi connectivity index (χ4v) is 2.24. The molecule has 0 bridgehead atoms. The van der Waals surface area contributed by atoms with Gasteiger partial charge in [0.2, 0.25) is 0 Å². The number of nitrogens with zero attached hydrogens (tertiary/aromatic N) is 3. The van der Waals surface area contributed by atoms with E-state index >= 15 is 0 Å². The van der Waals surface area contributed by atoms with Crippen molar-refractivity contribution in [2.24, 2.45) is 0 Å². The second-order valence-corrected chi connectivity index (χ2v) is 4.63. The summed E-state index contributed by atoms with van der Waals surface area (Å²) in [5, 5.41) is 0.308. The molecule has 6 heteroatoms. The summed E-state index contributed by atoms with van der Waals surface area (Å²) in [4.78, 5) is 20.2. The number of rotatable bonds is 3. The van der Waals surface area contributed by atoms with Gasteiger partial charge >= 0.3 is 0 Å². The van der Waals surface area contributed by atoms with Gasteiger partial charge < -0.3 is 0 Å². The predicted molar refractivity (Wildman–Crippen MR) is 87.3 cm³/mol. The van der Waals surface area contributed by atoms with Crippen LogP contribution in [0.1, 0.15) is 10.4 Å². The van der Waals surface area contributed by atoms with Crippen LogP contribution >= 0.6 is 32.9 Å². The lowest BCUT2D eigenvalue weighted by Gasteiger charge is -2.04. The zero-order valence-electron chi connectivity index (χ0n) is 10.4. The molecule has 0 spiro atoms. The van der Waals surface area contributed by atoms with Crippen molar-refractivity contribution in [2.75, 3.05) is 5.33 Å². The fraction of sp³-hybridized carbons (Fsp3) is 0.0714. The molecule has 0 unspecified atom stereocenters. The molecule has 0 aliphatic rings. The molecule has 0 aliphatic carbocycles. The van der Waals surface area contributed by atoms with Crippen LogP contribution in [0.15, 0.2) is 48.9 Å². The van der Waals surface area contributed by atoms with E-state index in [0.29, 0.717) is 10.9 Å². The van der Waals surface area contributed by atoms with Gasteiger partial charge in [0.1, 0.15) is 12.1 Å². The molecule has 20 heavy (non-hydrogen) atoms. The summed E-state index contributed by atoms with van der Waals surface area (Å²) in [7, 11) is 0. The Bertz CT molecular complexity index is 738. The largest absolute Gasteiger partial charge is 0.293 e. The summed E-state index contributed by atoms with van der Waals surface area (Å²) in [5.41, 5.74) is 2.52. The molecule has 0 amide bonds. The van der Waals surface area contributed by atoms with Crippen LogP contribution in [0.25, 0.3) is 16.9 Å². The van der Waals surface area contributed by atoms with Gasteiger partial charge in [-0.05, 0) is 24.3 Å². The van der Waals surface area contributed by atoms with Gasteiger partial charge in [-0.1, -0.05) is 28.1 Å². The average molecular weight is 397 g/mol. The second kappa shape index (κ2) is 6.28. The minimum absolute atomic E-state index is 0. The van der Waals surface area contributed by atoms with Gasteiger partial charge in [-0.2, -0.15) is 0 Å². The number of carbonyl (C=O) groups is 1. The van der Waals surface area contributed by atoms with E-state index in [9.17, 15) is 4.79 Å². The van der Waals surface area contributed by atoms with E-state index in [0.717, 1.165) is 16.9 Å². The summed E-state index contributed by atoms with van der Waals surface area (Å²) in [6.45, 7) is 0. The van der Waals surface area contributed by atoms with Crippen molar-refractivity contribution in [3.8, 4) is 5.82 Å². The smallest absolute Gasteiger partial charge is 0.174 e.